The van der Waals surface area contributed by atoms with Gasteiger partial charge >= 0.3 is 0 Å². The van der Waals surface area contributed by atoms with Crippen LogP contribution in [0.2, 0.25) is 0 Å². The number of fused-ring (bicyclic) bond motifs is 2. The number of rotatable bonds is 4. The summed E-state index contributed by atoms with van der Waals surface area (Å²) in [6.07, 6.45) is 9.11. The van der Waals surface area contributed by atoms with Gasteiger partial charge < -0.3 is 15.2 Å². The van der Waals surface area contributed by atoms with E-state index >= 15 is 0 Å². The Balaban J connectivity index is 1.35. The second kappa shape index (κ2) is 6.30. The predicted molar refractivity (Wildman–Crippen MR) is 112 cm³/mol. The van der Waals surface area contributed by atoms with Crippen LogP contribution >= 0.6 is 0 Å². The summed E-state index contributed by atoms with van der Waals surface area (Å²) in [4.78, 5) is 26.3. The Bertz CT molecular complexity index is 1220. The number of H-pyrrole nitrogens is 1. The first-order valence-corrected chi connectivity index (χ1v) is 9.69. The maximum absolute atomic E-state index is 12.3. The van der Waals surface area contributed by atoms with Crippen LogP contribution in [0.3, 0.4) is 0 Å². The highest BCUT2D eigenvalue weighted by Crippen LogP contribution is 2.43. The van der Waals surface area contributed by atoms with Crippen LogP contribution in [0.5, 0.6) is 0 Å². The molecule has 1 aliphatic rings. The summed E-state index contributed by atoms with van der Waals surface area (Å²) < 4.78 is 1.84. The fourth-order valence-electron chi connectivity index (χ4n) is 4.33. The molecule has 4 aromatic heterocycles. The summed E-state index contributed by atoms with van der Waals surface area (Å²) in [7, 11) is 3.61. The quantitative estimate of drug-likeness (QED) is 0.560. The number of aromatic nitrogens is 5. The summed E-state index contributed by atoms with van der Waals surface area (Å²) in [6.45, 7) is 2.02. The molecule has 0 unspecified atom stereocenters. The van der Waals surface area contributed by atoms with Gasteiger partial charge in [0.1, 0.15) is 5.65 Å². The lowest BCUT2D eigenvalue weighted by Crippen LogP contribution is -2.52. The van der Waals surface area contributed by atoms with Crippen molar-refractivity contribution in [2.75, 3.05) is 19.4 Å². The van der Waals surface area contributed by atoms with Crippen LogP contribution in [0, 0.1) is 5.41 Å². The smallest absolute Gasteiger partial charge is 0.228 e. The number of nitrogens with one attached hydrogen (secondary N) is 2. The van der Waals surface area contributed by atoms with E-state index in [0.29, 0.717) is 5.95 Å². The second-order valence-corrected chi connectivity index (χ2v) is 8.28. The average molecular weight is 389 g/mol. The Morgan fingerprint density at radius 1 is 1.34 bits per heavy atom. The molecule has 29 heavy (non-hydrogen) atoms. The lowest BCUT2D eigenvalue weighted by Gasteiger charge is -2.45. The number of hydrogen-bond donors (Lipinski definition) is 2. The molecule has 1 fully saturated rings. The first-order valence-electron chi connectivity index (χ1n) is 9.69. The molecular weight excluding hydrogens is 366 g/mol. The fraction of sp³-hybridized carbons (Fsp3) is 0.333. The maximum Gasteiger partial charge on any atom is 0.228 e. The van der Waals surface area contributed by atoms with Gasteiger partial charge in [-0.05, 0) is 36.6 Å². The Morgan fingerprint density at radius 2 is 2.17 bits per heavy atom. The van der Waals surface area contributed by atoms with Crippen molar-refractivity contribution >= 4 is 28.4 Å². The normalized spacial score (nSPS) is 21.3. The number of carbonyl (C=O) groups excluding carboxylic acids is 1. The van der Waals surface area contributed by atoms with Crippen molar-refractivity contribution < 1.29 is 4.79 Å². The summed E-state index contributed by atoms with van der Waals surface area (Å²) in [5.74, 6) is 0.762. The van der Waals surface area contributed by atoms with Gasteiger partial charge in [0.2, 0.25) is 11.9 Å². The van der Waals surface area contributed by atoms with Crippen LogP contribution in [0.1, 0.15) is 19.8 Å². The standard InChI is InChI=1S/C21H23N7O/c1-21(19(29)27(2)3)9-14(10-21)25-20-23-12-17-16(11-22-18(17)26-20)13-5-7-28-15(8-13)4-6-24-28/h4-8,11-12,14H,9-10H2,1-3H3,(H2,22,23,25,26)/t14-,21-. The molecular formula is C21H23N7O. The third-order valence-corrected chi connectivity index (χ3v) is 5.79. The molecule has 2 N–H and O–H groups in total. The number of pyridine rings is 1. The highest BCUT2D eigenvalue weighted by Gasteiger charge is 2.47. The van der Waals surface area contributed by atoms with Crippen molar-refractivity contribution in [1.29, 1.82) is 0 Å². The molecule has 0 atom stereocenters. The van der Waals surface area contributed by atoms with E-state index < -0.39 is 0 Å². The topological polar surface area (TPSA) is 91.2 Å². The van der Waals surface area contributed by atoms with E-state index in [4.69, 9.17) is 0 Å². The van der Waals surface area contributed by atoms with Gasteiger partial charge in [0.25, 0.3) is 0 Å². The third kappa shape index (κ3) is 2.91. The third-order valence-electron chi connectivity index (χ3n) is 5.79. The fourth-order valence-corrected chi connectivity index (χ4v) is 4.33. The summed E-state index contributed by atoms with van der Waals surface area (Å²) >= 11 is 0. The van der Waals surface area contributed by atoms with Crippen molar-refractivity contribution in [3.05, 3.63) is 43.0 Å². The van der Waals surface area contributed by atoms with Crippen molar-refractivity contribution in [2.24, 2.45) is 5.41 Å². The molecule has 0 aromatic carbocycles. The minimum absolute atomic E-state index is 0.177. The zero-order valence-electron chi connectivity index (χ0n) is 16.7. The van der Waals surface area contributed by atoms with Gasteiger partial charge in [0, 0.05) is 55.9 Å². The van der Waals surface area contributed by atoms with Crippen LogP contribution < -0.4 is 5.32 Å². The Kier molecular flexibility index (Phi) is 3.84. The van der Waals surface area contributed by atoms with E-state index in [9.17, 15) is 4.79 Å². The van der Waals surface area contributed by atoms with E-state index in [1.807, 2.05) is 42.2 Å². The molecule has 4 heterocycles. The number of nitrogens with zero attached hydrogens (tertiary/aromatic N) is 5. The molecule has 5 rings (SSSR count). The van der Waals surface area contributed by atoms with Gasteiger partial charge in [-0.25, -0.2) is 9.50 Å². The molecule has 0 saturated heterocycles. The Morgan fingerprint density at radius 3 is 2.97 bits per heavy atom. The van der Waals surface area contributed by atoms with Crippen molar-refractivity contribution in [2.45, 2.75) is 25.8 Å². The van der Waals surface area contributed by atoms with Crippen LogP contribution in [0.4, 0.5) is 5.95 Å². The van der Waals surface area contributed by atoms with Gasteiger partial charge in [-0.2, -0.15) is 10.1 Å². The Labute approximate surface area is 168 Å². The molecule has 1 amide bonds. The summed E-state index contributed by atoms with van der Waals surface area (Å²) in [5.41, 5.74) is 3.68. The number of aromatic amines is 1. The zero-order chi connectivity index (χ0) is 20.2. The summed E-state index contributed by atoms with van der Waals surface area (Å²) in [6, 6.07) is 6.31. The van der Waals surface area contributed by atoms with E-state index in [0.717, 1.165) is 40.5 Å². The first-order chi connectivity index (χ1) is 13.9. The average Bonchev–Trinajstić information content (AvgIpc) is 3.31. The highest BCUT2D eigenvalue weighted by atomic mass is 16.2. The lowest BCUT2D eigenvalue weighted by atomic mass is 9.66. The maximum atomic E-state index is 12.3. The van der Waals surface area contributed by atoms with Crippen molar-refractivity contribution in [3.8, 4) is 11.1 Å². The van der Waals surface area contributed by atoms with Crippen LogP contribution in [-0.2, 0) is 4.79 Å². The van der Waals surface area contributed by atoms with Gasteiger partial charge in [-0.1, -0.05) is 6.92 Å². The number of anilines is 1. The first kappa shape index (κ1) is 17.7. The molecule has 8 nitrogen and oxygen atoms in total. The highest BCUT2D eigenvalue weighted by molar-refractivity contribution is 5.94. The number of amides is 1. The molecule has 0 radical (unpaired) electrons. The monoisotopic (exact) mass is 389 g/mol. The van der Waals surface area contributed by atoms with Gasteiger partial charge in [-0.15, -0.1) is 0 Å². The molecule has 1 saturated carbocycles. The SMILES string of the molecule is CN(C)C(=O)[C@]1(C)C[C@@H](Nc2ncc3c(-c4ccn5nccc5c4)c[nH]c3n2)C1. The van der Waals surface area contributed by atoms with E-state index in [2.05, 4.69) is 31.4 Å². The summed E-state index contributed by atoms with van der Waals surface area (Å²) in [5, 5.41) is 8.58. The molecule has 4 aromatic rings. The molecule has 0 spiro atoms. The molecule has 0 bridgehead atoms. The van der Waals surface area contributed by atoms with Crippen molar-refractivity contribution in [1.82, 2.24) is 29.5 Å². The number of carbonyl (C=O) groups is 1. The van der Waals surface area contributed by atoms with Crippen LogP contribution in [0.15, 0.2) is 43.0 Å². The van der Waals surface area contributed by atoms with Gasteiger partial charge in [-0.3, -0.25) is 4.79 Å². The van der Waals surface area contributed by atoms with E-state index in [1.54, 1.807) is 25.2 Å². The van der Waals surface area contributed by atoms with Crippen LogP contribution in [0.25, 0.3) is 27.7 Å². The predicted octanol–water partition coefficient (Wildman–Crippen LogP) is 2.94. The van der Waals surface area contributed by atoms with Gasteiger partial charge in [0.05, 0.1) is 10.9 Å². The molecule has 148 valence electrons. The number of hydrogen-bond acceptors (Lipinski definition) is 5. The van der Waals surface area contributed by atoms with Gasteiger partial charge in [0.15, 0.2) is 0 Å². The largest absolute Gasteiger partial charge is 0.351 e. The van der Waals surface area contributed by atoms with E-state index in [1.165, 1.54) is 0 Å². The van der Waals surface area contributed by atoms with E-state index in [-0.39, 0.29) is 17.4 Å². The lowest BCUT2D eigenvalue weighted by molar-refractivity contribution is -0.143. The zero-order valence-corrected chi connectivity index (χ0v) is 16.7. The van der Waals surface area contributed by atoms with Crippen LogP contribution in [-0.4, -0.2) is 55.5 Å². The molecule has 8 heteroatoms. The second-order valence-electron chi connectivity index (χ2n) is 8.28. The molecule has 1 aliphatic carbocycles. The minimum Gasteiger partial charge on any atom is -0.351 e. The Hall–Kier alpha value is -3.42. The molecule has 0 aliphatic heterocycles. The minimum atomic E-state index is -0.294. The van der Waals surface area contributed by atoms with Crippen molar-refractivity contribution in [3.63, 3.8) is 0 Å².